The Hall–Kier alpha value is -1.89. The molecule has 0 aromatic heterocycles. The average Bonchev–Trinajstić information content (AvgIpc) is 2.27. The zero-order valence-corrected chi connectivity index (χ0v) is 9.20. The molecule has 1 aromatic carbocycles. The van der Waals surface area contributed by atoms with E-state index in [1.165, 1.54) is 19.1 Å². The molecule has 3 nitrogen and oxygen atoms in total. The minimum atomic E-state index is -0.698. The SMILES string of the molecule is CC(C#N)C(=O)NC(C)c1cccc(F)c1. The van der Waals surface area contributed by atoms with Gasteiger partial charge in [0, 0.05) is 0 Å². The van der Waals surface area contributed by atoms with Crippen LogP contribution in [0, 0.1) is 23.1 Å². The van der Waals surface area contributed by atoms with Crippen molar-refractivity contribution in [2.75, 3.05) is 0 Å². The smallest absolute Gasteiger partial charge is 0.237 e. The molecule has 2 atom stereocenters. The lowest BCUT2D eigenvalue weighted by molar-refractivity contribution is -0.123. The van der Waals surface area contributed by atoms with Crippen molar-refractivity contribution in [3.63, 3.8) is 0 Å². The highest BCUT2D eigenvalue weighted by Crippen LogP contribution is 2.13. The van der Waals surface area contributed by atoms with Gasteiger partial charge in [-0.1, -0.05) is 12.1 Å². The summed E-state index contributed by atoms with van der Waals surface area (Å²) in [5, 5.41) is 11.2. The van der Waals surface area contributed by atoms with Crippen LogP contribution in [0.1, 0.15) is 25.5 Å². The van der Waals surface area contributed by atoms with Crippen molar-refractivity contribution < 1.29 is 9.18 Å². The van der Waals surface area contributed by atoms with Gasteiger partial charge in [-0.25, -0.2) is 4.39 Å². The molecular weight excluding hydrogens is 207 g/mol. The zero-order valence-electron chi connectivity index (χ0n) is 9.20. The first-order valence-corrected chi connectivity index (χ1v) is 5.00. The summed E-state index contributed by atoms with van der Waals surface area (Å²) in [5.74, 6) is -1.39. The first-order valence-electron chi connectivity index (χ1n) is 5.00. The van der Waals surface area contributed by atoms with Crippen LogP contribution in [0.25, 0.3) is 0 Å². The highest BCUT2D eigenvalue weighted by Gasteiger charge is 2.15. The van der Waals surface area contributed by atoms with Gasteiger partial charge in [0.1, 0.15) is 11.7 Å². The van der Waals surface area contributed by atoms with Gasteiger partial charge in [-0.05, 0) is 31.5 Å². The van der Waals surface area contributed by atoms with E-state index in [0.717, 1.165) is 0 Å². The second kappa shape index (κ2) is 5.26. The number of hydrogen-bond donors (Lipinski definition) is 1. The predicted octanol–water partition coefficient (Wildman–Crippen LogP) is 2.16. The summed E-state index contributed by atoms with van der Waals surface area (Å²) in [7, 11) is 0. The van der Waals surface area contributed by atoms with Crippen molar-refractivity contribution in [2.45, 2.75) is 19.9 Å². The minimum Gasteiger partial charge on any atom is -0.348 e. The van der Waals surface area contributed by atoms with Crippen LogP contribution in [0.4, 0.5) is 4.39 Å². The van der Waals surface area contributed by atoms with E-state index in [1.54, 1.807) is 19.1 Å². The van der Waals surface area contributed by atoms with Crippen molar-refractivity contribution in [2.24, 2.45) is 5.92 Å². The van der Waals surface area contributed by atoms with Gasteiger partial charge in [0.2, 0.25) is 5.91 Å². The molecule has 0 spiro atoms. The first-order chi connectivity index (χ1) is 7.54. The number of rotatable bonds is 3. The van der Waals surface area contributed by atoms with E-state index in [0.29, 0.717) is 5.56 Å². The van der Waals surface area contributed by atoms with Crippen molar-refractivity contribution in [1.29, 1.82) is 5.26 Å². The monoisotopic (exact) mass is 220 g/mol. The molecular formula is C12H13FN2O. The summed E-state index contributed by atoms with van der Waals surface area (Å²) < 4.78 is 12.9. The second-order valence-electron chi connectivity index (χ2n) is 3.64. The second-order valence-corrected chi connectivity index (χ2v) is 3.64. The number of carbonyl (C=O) groups is 1. The van der Waals surface area contributed by atoms with Gasteiger partial charge in [-0.3, -0.25) is 4.79 Å². The maximum absolute atomic E-state index is 12.9. The zero-order chi connectivity index (χ0) is 12.1. The van der Waals surface area contributed by atoms with Crippen LogP contribution >= 0.6 is 0 Å². The van der Waals surface area contributed by atoms with E-state index in [4.69, 9.17) is 5.26 Å². The summed E-state index contributed by atoms with van der Waals surface area (Å²) >= 11 is 0. The Balaban J connectivity index is 2.70. The maximum atomic E-state index is 12.9. The van der Waals surface area contributed by atoms with Crippen LogP contribution in [-0.2, 0) is 4.79 Å². The van der Waals surface area contributed by atoms with Gasteiger partial charge in [0.25, 0.3) is 0 Å². The lowest BCUT2D eigenvalue weighted by atomic mass is 10.1. The molecule has 0 heterocycles. The molecule has 1 N–H and O–H groups in total. The Bertz CT molecular complexity index is 425. The minimum absolute atomic E-state index is 0.306. The topological polar surface area (TPSA) is 52.9 Å². The number of nitrogens with zero attached hydrogens (tertiary/aromatic N) is 1. The molecule has 0 radical (unpaired) electrons. The molecule has 4 heteroatoms. The normalized spacial score (nSPS) is 13.6. The fourth-order valence-electron chi connectivity index (χ4n) is 1.26. The number of amides is 1. The molecule has 1 amide bonds. The number of nitriles is 1. The number of benzene rings is 1. The van der Waals surface area contributed by atoms with Gasteiger partial charge < -0.3 is 5.32 Å². The van der Waals surface area contributed by atoms with Crippen molar-refractivity contribution >= 4 is 5.91 Å². The highest BCUT2D eigenvalue weighted by molar-refractivity contribution is 5.80. The van der Waals surface area contributed by atoms with E-state index >= 15 is 0 Å². The largest absolute Gasteiger partial charge is 0.348 e. The molecule has 16 heavy (non-hydrogen) atoms. The van der Waals surface area contributed by atoms with Crippen LogP contribution in [0.15, 0.2) is 24.3 Å². The Labute approximate surface area is 93.9 Å². The molecule has 1 rings (SSSR count). The van der Waals surface area contributed by atoms with Crippen LogP contribution < -0.4 is 5.32 Å². The molecule has 0 aliphatic rings. The fourth-order valence-corrected chi connectivity index (χ4v) is 1.26. The number of hydrogen-bond acceptors (Lipinski definition) is 2. The fraction of sp³-hybridized carbons (Fsp3) is 0.333. The van der Waals surface area contributed by atoms with Crippen LogP contribution in [0.3, 0.4) is 0 Å². The van der Waals surface area contributed by atoms with Gasteiger partial charge in [0.05, 0.1) is 12.1 Å². The molecule has 1 aromatic rings. The maximum Gasteiger partial charge on any atom is 0.237 e. The van der Waals surface area contributed by atoms with E-state index in [-0.39, 0.29) is 17.8 Å². The van der Waals surface area contributed by atoms with Crippen molar-refractivity contribution in [3.05, 3.63) is 35.6 Å². The van der Waals surface area contributed by atoms with Gasteiger partial charge in [-0.15, -0.1) is 0 Å². The van der Waals surface area contributed by atoms with Gasteiger partial charge in [-0.2, -0.15) is 5.26 Å². The summed E-state index contributed by atoms with van der Waals surface area (Å²) in [5.41, 5.74) is 0.679. The molecule has 0 saturated heterocycles. The molecule has 2 unspecified atom stereocenters. The Kier molecular flexibility index (Phi) is 4.01. The van der Waals surface area contributed by atoms with E-state index < -0.39 is 5.92 Å². The molecule has 0 bridgehead atoms. The summed E-state index contributed by atoms with van der Waals surface area (Å²) in [6.07, 6.45) is 0. The van der Waals surface area contributed by atoms with E-state index in [1.807, 2.05) is 6.07 Å². The molecule has 0 aliphatic carbocycles. The first kappa shape index (κ1) is 12.2. The quantitative estimate of drug-likeness (QED) is 0.848. The van der Waals surface area contributed by atoms with Gasteiger partial charge in [0.15, 0.2) is 0 Å². The number of halogens is 1. The predicted molar refractivity (Wildman–Crippen MR) is 57.7 cm³/mol. The highest BCUT2D eigenvalue weighted by atomic mass is 19.1. The number of carbonyl (C=O) groups excluding carboxylic acids is 1. The summed E-state index contributed by atoms with van der Waals surface area (Å²) in [6.45, 7) is 3.27. The third-order valence-corrected chi connectivity index (χ3v) is 2.29. The Morgan fingerprint density at radius 1 is 1.50 bits per heavy atom. The lowest BCUT2D eigenvalue weighted by Gasteiger charge is -2.15. The summed E-state index contributed by atoms with van der Waals surface area (Å²) in [4.78, 5) is 11.4. The van der Waals surface area contributed by atoms with E-state index in [9.17, 15) is 9.18 Å². The Morgan fingerprint density at radius 2 is 2.19 bits per heavy atom. The molecule has 0 saturated carbocycles. The van der Waals surface area contributed by atoms with Crippen molar-refractivity contribution in [1.82, 2.24) is 5.32 Å². The van der Waals surface area contributed by atoms with Crippen LogP contribution in [-0.4, -0.2) is 5.91 Å². The standard InChI is InChI=1S/C12H13FN2O/c1-8(7-14)12(16)15-9(2)10-4-3-5-11(13)6-10/h3-6,8-9H,1-2H3,(H,15,16). The average molecular weight is 220 g/mol. The van der Waals surface area contributed by atoms with Gasteiger partial charge >= 0.3 is 0 Å². The molecule has 0 aliphatic heterocycles. The molecule has 84 valence electrons. The molecule has 0 fully saturated rings. The number of nitrogens with one attached hydrogen (secondary N) is 1. The third-order valence-electron chi connectivity index (χ3n) is 2.29. The van der Waals surface area contributed by atoms with E-state index in [2.05, 4.69) is 5.32 Å². The van der Waals surface area contributed by atoms with Crippen LogP contribution in [0.5, 0.6) is 0 Å². The Morgan fingerprint density at radius 3 is 2.75 bits per heavy atom. The lowest BCUT2D eigenvalue weighted by Crippen LogP contribution is -2.30. The van der Waals surface area contributed by atoms with Crippen molar-refractivity contribution in [3.8, 4) is 6.07 Å². The third kappa shape index (κ3) is 3.06. The summed E-state index contributed by atoms with van der Waals surface area (Å²) in [6, 6.07) is 7.56. The van der Waals surface area contributed by atoms with Crippen LogP contribution in [0.2, 0.25) is 0 Å².